The van der Waals surface area contributed by atoms with E-state index in [4.69, 9.17) is 0 Å². The van der Waals surface area contributed by atoms with Gasteiger partial charge in [0.25, 0.3) is 15.9 Å². The molecule has 5 nitrogen and oxygen atoms in total. The molecule has 0 spiro atoms. The normalized spacial score (nSPS) is 16.1. The predicted molar refractivity (Wildman–Crippen MR) is 122 cm³/mol. The molecular weight excluding hydrogens is 396 g/mol. The van der Waals surface area contributed by atoms with Gasteiger partial charge in [-0.15, -0.1) is 0 Å². The predicted octanol–water partition coefficient (Wildman–Crippen LogP) is 4.90. The number of nitrogens with one attached hydrogen (secondary N) is 2. The molecule has 162 valence electrons. The Bertz CT molecular complexity index is 1000. The van der Waals surface area contributed by atoms with E-state index in [1.807, 2.05) is 64.1 Å². The van der Waals surface area contributed by atoms with E-state index in [1.54, 1.807) is 0 Å². The monoisotopic (exact) mass is 428 g/mol. The topological polar surface area (TPSA) is 75.3 Å². The molecule has 1 heterocycles. The maximum atomic E-state index is 13.4. The molecule has 2 N–H and O–H groups in total. The molecule has 0 saturated carbocycles. The molecular formula is C24H32N2O3S. The lowest BCUT2D eigenvalue weighted by molar-refractivity contribution is -0.119. The minimum absolute atomic E-state index is 0.0109. The van der Waals surface area contributed by atoms with Crippen molar-refractivity contribution in [1.29, 1.82) is 0 Å². The Hall–Kier alpha value is -2.34. The molecule has 2 aromatic carbocycles. The summed E-state index contributed by atoms with van der Waals surface area (Å²) in [6.45, 7) is 12.1. The fourth-order valence-corrected chi connectivity index (χ4v) is 5.63. The summed E-state index contributed by atoms with van der Waals surface area (Å²) >= 11 is 0. The van der Waals surface area contributed by atoms with Gasteiger partial charge >= 0.3 is 0 Å². The van der Waals surface area contributed by atoms with E-state index in [-0.39, 0.29) is 22.6 Å². The number of benzene rings is 2. The van der Waals surface area contributed by atoms with E-state index in [0.29, 0.717) is 6.42 Å². The van der Waals surface area contributed by atoms with Crippen LogP contribution in [-0.2, 0) is 21.2 Å². The molecule has 0 unspecified atom stereocenters. The second-order valence-electron chi connectivity index (χ2n) is 9.02. The zero-order chi connectivity index (χ0) is 22.2. The van der Waals surface area contributed by atoms with Crippen LogP contribution in [0.1, 0.15) is 81.5 Å². The summed E-state index contributed by atoms with van der Waals surface area (Å²) in [5.74, 6) is -0.218. The summed E-state index contributed by atoms with van der Waals surface area (Å²) < 4.78 is 29.2. The van der Waals surface area contributed by atoms with Crippen LogP contribution in [0.15, 0.2) is 41.3 Å². The molecule has 30 heavy (non-hydrogen) atoms. The number of fused-ring (bicyclic) bond motifs is 1. The highest BCUT2D eigenvalue weighted by Crippen LogP contribution is 2.35. The molecule has 1 aliphatic heterocycles. The second kappa shape index (κ2) is 8.42. The maximum Gasteiger partial charge on any atom is 0.264 e. The third kappa shape index (κ3) is 4.38. The van der Waals surface area contributed by atoms with Gasteiger partial charge in [0.1, 0.15) is 6.04 Å². The van der Waals surface area contributed by atoms with Gasteiger partial charge in [-0.2, -0.15) is 0 Å². The first-order chi connectivity index (χ1) is 14.0. The Morgan fingerprint density at radius 3 is 2.03 bits per heavy atom. The van der Waals surface area contributed by atoms with Crippen molar-refractivity contribution >= 4 is 21.6 Å². The first-order valence-electron chi connectivity index (χ1n) is 10.6. The maximum absolute atomic E-state index is 13.4. The van der Waals surface area contributed by atoms with E-state index >= 15 is 0 Å². The molecule has 0 aromatic heterocycles. The van der Waals surface area contributed by atoms with Gasteiger partial charge in [0.05, 0.1) is 4.90 Å². The fraction of sp³-hybridized carbons (Fsp3) is 0.458. The van der Waals surface area contributed by atoms with Gasteiger partial charge < -0.3 is 5.32 Å². The minimum Gasteiger partial charge on any atom is -0.373 e. The van der Waals surface area contributed by atoms with Gasteiger partial charge in [0, 0.05) is 12.1 Å². The lowest BCUT2D eigenvalue weighted by atomic mass is 9.89. The third-order valence-corrected chi connectivity index (χ3v) is 7.15. The van der Waals surface area contributed by atoms with Crippen LogP contribution in [-0.4, -0.2) is 20.4 Å². The highest BCUT2D eigenvalue weighted by molar-refractivity contribution is 7.90. The summed E-state index contributed by atoms with van der Waals surface area (Å²) in [7, 11) is -4.02. The molecule has 0 fully saturated rings. The van der Waals surface area contributed by atoms with Crippen LogP contribution in [0.25, 0.3) is 0 Å². The Kier molecular flexibility index (Phi) is 6.27. The number of carbonyl (C=O) groups excluding carboxylic acids is 1. The number of para-hydroxylation sites is 1. The summed E-state index contributed by atoms with van der Waals surface area (Å²) in [5.41, 5.74) is 4.52. The largest absolute Gasteiger partial charge is 0.373 e. The van der Waals surface area contributed by atoms with Crippen molar-refractivity contribution < 1.29 is 13.2 Å². The zero-order valence-electron chi connectivity index (χ0n) is 18.6. The lowest BCUT2D eigenvalue weighted by Gasteiger charge is -2.23. The smallest absolute Gasteiger partial charge is 0.264 e. The molecule has 2 aromatic rings. The molecule has 0 aliphatic carbocycles. The SMILES string of the molecule is CC(C)c1cc(C(C)C)c(S(=O)(=O)NC(=O)[C@@H]2Cc3ccccc3N2)c(C(C)C)c1. The van der Waals surface area contributed by atoms with Crippen LogP contribution in [0.2, 0.25) is 0 Å². The van der Waals surface area contributed by atoms with Crippen molar-refractivity contribution in [1.82, 2.24) is 4.72 Å². The zero-order valence-corrected chi connectivity index (χ0v) is 19.4. The molecule has 0 saturated heterocycles. The summed E-state index contributed by atoms with van der Waals surface area (Å²) in [6.07, 6.45) is 0.470. The molecule has 3 rings (SSSR count). The van der Waals surface area contributed by atoms with E-state index in [1.165, 1.54) is 0 Å². The highest BCUT2D eigenvalue weighted by Gasteiger charge is 2.33. The summed E-state index contributed by atoms with van der Waals surface area (Å²) in [6, 6.07) is 11.0. The summed E-state index contributed by atoms with van der Waals surface area (Å²) in [5, 5.41) is 3.13. The molecule has 0 radical (unpaired) electrons. The van der Waals surface area contributed by atoms with Gasteiger partial charge in [-0.3, -0.25) is 4.79 Å². The average molecular weight is 429 g/mol. The molecule has 1 atom stereocenters. The van der Waals surface area contributed by atoms with Crippen molar-refractivity contribution in [3.05, 3.63) is 58.7 Å². The van der Waals surface area contributed by atoms with Gasteiger partial charge in [0.2, 0.25) is 0 Å². The average Bonchev–Trinajstić information content (AvgIpc) is 3.10. The number of amides is 1. The fourth-order valence-electron chi connectivity index (χ4n) is 3.91. The van der Waals surface area contributed by atoms with Crippen molar-refractivity contribution in [2.75, 3.05) is 5.32 Å². The quantitative estimate of drug-likeness (QED) is 0.686. The van der Waals surface area contributed by atoms with E-state index in [9.17, 15) is 13.2 Å². The van der Waals surface area contributed by atoms with Gasteiger partial charge in [-0.05, 0) is 46.1 Å². The first kappa shape index (κ1) is 22.3. The van der Waals surface area contributed by atoms with Gasteiger partial charge in [-0.25, -0.2) is 13.1 Å². The van der Waals surface area contributed by atoms with Crippen molar-refractivity contribution in [3.63, 3.8) is 0 Å². The Morgan fingerprint density at radius 1 is 0.967 bits per heavy atom. The highest BCUT2D eigenvalue weighted by atomic mass is 32.2. The van der Waals surface area contributed by atoms with Crippen LogP contribution in [0, 0.1) is 0 Å². The molecule has 0 bridgehead atoms. The van der Waals surface area contributed by atoms with Crippen LogP contribution in [0.3, 0.4) is 0 Å². The van der Waals surface area contributed by atoms with Crippen molar-refractivity contribution in [3.8, 4) is 0 Å². The Morgan fingerprint density at radius 2 is 1.53 bits per heavy atom. The number of carbonyl (C=O) groups is 1. The number of rotatable bonds is 6. The van der Waals surface area contributed by atoms with E-state index in [2.05, 4.69) is 23.9 Å². The molecule has 1 amide bonds. The Labute approximate surface area is 180 Å². The van der Waals surface area contributed by atoms with Crippen LogP contribution in [0.5, 0.6) is 0 Å². The number of hydrogen-bond acceptors (Lipinski definition) is 4. The molecule has 6 heteroatoms. The number of sulfonamides is 1. The third-order valence-electron chi connectivity index (χ3n) is 5.67. The van der Waals surface area contributed by atoms with Gasteiger partial charge in [-0.1, -0.05) is 71.9 Å². The first-order valence-corrected chi connectivity index (χ1v) is 12.1. The Balaban J connectivity index is 1.98. The van der Waals surface area contributed by atoms with Crippen molar-refractivity contribution in [2.24, 2.45) is 0 Å². The minimum atomic E-state index is -4.02. The molecule has 1 aliphatic rings. The van der Waals surface area contributed by atoms with Gasteiger partial charge in [0.15, 0.2) is 0 Å². The number of hydrogen-bond donors (Lipinski definition) is 2. The van der Waals surface area contributed by atoms with Crippen LogP contribution < -0.4 is 10.0 Å². The standard InChI is InChI=1S/C24H32N2O3S/c1-14(2)18-11-19(15(3)4)23(20(12-18)16(5)6)30(28,29)26-24(27)22-13-17-9-7-8-10-21(17)25-22/h7-12,14-16,22,25H,13H2,1-6H3,(H,26,27)/t22-/m0/s1. The number of anilines is 1. The summed E-state index contributed by atoms with van der Waals surface area (Å²) in [4.78, 5) is 13.1. The van der Waals surface area contributed by atoms with Crippen molar-refractivity contribution in [2.45, 2.75) is 76.7 Å². The van der Waals surface area contributed by atoms with E-state index < -0.39 is 22.0 Å². The van der Waals surface area contributed by atoms with Crippen LogP contribution >= 0.6 is 0 Å². The van der Waals surface area contributed by atoms with E-state index in [0.717, 1.165) is 27.9 Å². The second-order valence-corrected chi connectivity index (χ2v) is 10.6. The van der Waals surface area contributed by atoms with Crippen LogP contribution in [0.4, 0.5) is 5.69 Å². The lowest BCUT2D eigenvalue weighted by Crippen LogP contribution is -2.42.